The normalized spacial score (nSPS) is 19.4. The van der Waals surface area contributed by atoms with Crippen molar-refractivity contribution in [3.05, 3.63) is 59.2 Å². The minimum atomic E-state index is -3.63. The van der Waals surface area contributed by atoms with Gasteiger partial charge in [-0.2, -0.15) is 0 Å². The molecule has 0 spiro atoms. The molecule has 1 atom stereocenters. The summed E-state index contributed by atoms with van der Waals surface area (Å²) in [5, 5.41) is 0. The van der Waals surface area contributed by atoms with Crippen molar-refractivity contribution in [2.24, 2.45) is 0 Å². The lowest BCUT2D eigenvalue weighted by molar-refractivity contribution is 0.0627. The van der Waals surface area contributed by atoms with E-state index >= 15 is 0 Å². The zero-order chi connectivity index (χ0) is 24.1. The Hall–Kier alpha value is -2.46. The highest BCUT2D eigenvalue weighted by Crippen LogP contribution is 2.22. The van der Waals surface area contributed by atoms with E-state index < -0.39 is 10.0 Å². The van der Waals surface area contributed by atoms with Gasteiger partial charge in [0.1, 0.15) is 5.75 Å². The Labute approximate surface area is 201 Å². The first-order valence-corrected chi connectivity index (χ1v) is 13.2. The maximum atomic E-state index is 13.0. The number of ether oxygens (including phenoxy) is 2. The number of benzene rings is 2. The lowest BCUT2D eigenvalue weighted by atomic mass is 10.1. The summed E-state index contributed by atoms with van der Waals surface area (Å²) in [6.45, 7) is 6.56. The molecule has 184 valence electrons. The molecule has 0 bridgehead atoms. The van der Waals surface area contributed by atoms with Crippen molar-refractivity contribution in [2.75, 3.05) is 46.4 Å². The van der Waals surface area contributed by atoms with Crippen LogP contribution in [0.5, 0.6) is 5.75 Å². The van der Waals surface area contributed by atoms with Gasteiger partial charge in [0, 0.05) is 57.0 Å². The van der Waals surface area contributed by atoms with Gasteiger partial charge in [0.25, 0.3) is 5.91 Å². The number of sulfonamides is 1. The number of nitrogens with zero attached hydrogens (tertiary/aromatic N) is 2. The summed E-state index contributed by atoms with van der Waals surface area (Å²) in [5.41, 5.74) is 2.83. The second-order valence-corrected chi connectivity index (χ2v) is 10.7. The van der Waals surface area contributed by atoms with Crippen LogP contribution in [0.1, 0.15) is 34.3 Å². The third kappa shape index (κ3) is 5.96. The number of amides is 1. The van der Waals surface area contributed by atoms with Crippen LogP contribution in [-0.4, -0.2) is 76.7 Å². The van der Waals surface area contributed by atoms with Gasteiger partial charge in [-0.15, -0.1) is 0 Å². The Balaban J connectivity index is 1.31. The van der Waals surface area contributed by atoms with E-state index in [4.69, 9.17) is 9.47 Å². The van der Waals surface area contributed by atoms with E-state index in [1.54, 1.807) is 19.2 Å². The Morgan fingerprint density at radius 2 is 1.85 bits per heavy atom. The van der Waals surface area contributed by atoms with Crippen molar-refractivity contribution in [1.82, 2.24) is 14.5 Å². The molecule has 8 nitrogen and oxygen atoms in total. The van der Waals surface area contributed by atoms with Crippen LogP contribution in [0.15, 0.2) is 47.4 Å². The molecule has 2 aromatic rings. The molecule has 0 saturated carbocycles. The molecule has 1 N–H and O–H groups in total. The first-order chi connectivity index (χ1) is 16.4. The Morgan fingerprint density at radius 3 is 2.50 bits per heavy atom. The van der Waals surface area contributed by atoms with Crippen molar-refractivity contribution < 1.29 is 22.7 Å². The van der Waals surface area contributed by atoms with Crippen molar-refractivity contribution in [1.29, 1.82) is 0 Å². The van der Waals surface area contributed by atoms with Gasteiger partial charge in [-0.3, -0.25) is 9.69 Å². The molecule has 2 saturated heterocycles. The first-order valence-electron chi connectivity index (χ1n) is 11.7. The third-order valence-corrected chi connectivity index (χ3v) is 7.87. The SMILES string of the molecule is COc1ccc(C)cc1CN1CCN(C(=O)c2ccc(S(=O)(=O)NCC3CCCO3)cc2)CC1. The van der Waals surface area contributed by atoms with Crippen molar-refractivity contribution in [2.45, 2.75) is 37.3 Å². The van der Waals surface area contributed by atoms with Gasteiger partial charge < -0.3 is 14.4 Å². The highest BCUT2D eigenvalue weighted by atomic mass is 32.2. The van der Waals surface area contributed by atoms with Crippen LogP contribution >= 0.6 is 0 Å². The summed E-state index contributed by atoms with van der Waals surface area (Å²) in [5.74, 6) is 0.799. The molecule has 0 radical (unpaired) electrons. The van der Waals surface area contributed by atoms with Gasteiger partial charge in [0.2, 0.25) is 10.0 Å². The molecule has 1 amide bonds. The molecular formula is C25H33N3O5S. The van der Waals surface area contributed by atoms with E-state index in [2.05, 4.69) is 22.6 Å². The second-order valence-electron chi connectivity index (χ2n) is 8.89. The molecule has 0 aromatic heterocycles. The molecule has 2 aliphatic rings. The minimum absolute atomic E-state index is 0.0682. The number of aryl methyl sites for hydroxylation is 1. The average molecular weight is 488 g/mol. The van der Waals surface area contributed by atoms with Crippen LogP contribution in [-0.2, 0) is 21.3 Å². The van der Waals surface area contributed by atoms with Gasteiger partial charge in [-0.05, 0) is 50.1 Å². The Morgan fingerprint density at radius 1 is 1.12 bits per heavy atom. The zero-order valence-corrected chi connectivity index (χ0v) is 20.6. The number of carbonyl (C=O) groups is 1. The standard InChI is InChI=1S/C25H33N3O5S/c1-19-5-10-24(32-2)21(16-19)18-27-11-13-28(14-12-27)25(29)20-6-8-23(9-7-20)34(30,31)26-17-22-4-3-15-33-22/h5-10,16,22,26H,3-4,11-15,17-18H2,1-2H3. The zero-order valence-electron chi connectivity index (χ0n) is 19.8. The average Bonchev–Trinajstić information content (AvgIpc) is 3.37. The summed E-state index contributed by atoms with van der Waals surface area (Å²) < 4.78 is 38.7. The largest absolute Gasteiger partial charge is 0.496 e. The summed E-state index contributed by atoms with van der Waals surface area (Å²) in [7, 11) is -1.95. The smallest absolute Gasteiger partial charge is 0.253 e. The number of rotatable bonds is 8. The lowest BCUT2D eigenvalue weighted by Gasteiger charge is -2.35. The fourth-order valence-corrected chi connectivity index (χ4v) is 5.50. The highest BCUT2D eigenvalue weighted by Gasteiger charge is 2.24. The number of nitrogens with one attached hydrogen (secondary N) is 1. The first kappa shape index (κ1) is 24.7. The molecular weight excluding hydrogens is 454 g/mol. The number of piperazine rings is 1. The van der Waals surface area contributed by atoms with Gasteiger partial charge in [-0.25, -0.2) is 13.1 Å². The number of hydrogen-bond acceptors (Lipinski definition) is 6. The molecule has 2 fully saturated rings. The molecule has 2 aliphatic heterocycles. The molecule has 1 unspecified atom stereocenters. The molecule has 2 aromatic carbocycles. The van der Waals surface area contributed by atoms with Crippen LogP contribution in [0, 0.1) is 6.92 Å². The van der Waals surface area contributed by atoms with Gasteiger partial charge in [0.15, 0.2) is 0 Å². The predicted molar refractivity (Wildman–Crippen MR) is 130 cm³/mol. The third-order valence-electron chi connectivity index (χ3n) is 6.43. The van der Waals surface area contributed by atoms with Crippen LogP contribution in [0.3, 0.4) is 0 Å². The molecule has 34 heavy (non-hydrogen) atoms. The van der Waals surface area contributed by atoms with E-state index in [0.29, 0.717) is 25.3 Å². The molecule has 2 heterocycles. The topological polar surface area (TPSA) is 88.2 Å². The monoisotopic (exact) mass is 487 g/mol. The summed E-state index contributed by atoms with van der Waals surface area (Å²) >= 11 is 0. The second kappa shape index (κ2) is 10.9. The maximum Gasteiger partial charge on any atom is 0.253 e. The molecule has 0 aliphatic carbocycles. The Bertz CT molecular complexity index is 1090. The highest BCUT2D eigenvalue weighted by molar-refractivity contribution is 7.89. The van der Waals surface area contributed by atoms with E-state index in [9.17, 15) is 13.2 Å². The quantitative estimate of drug-likeness (QED) is 0.615. The maximum absolute atomic E-state index is 13.0. The number of methoxy groups -OCH3 is 1. The summed E-state index contributed by atoms with van der Waals surface area (Å²) in [6, 6.07) is 12.3. The van der Waals surface area contributed by atoms with Crippen molar-refractivity contribution in [3.63, 3.8) is 0 Å². The minimum Gasteiger partial charge on any atom is -0.496 e. The summed E-state index contributed by atoms with van der Waals surface area (Å²) in [6.07, 6.45) is 1.75. The fraction of sp³-hybridized carbons (Fsp3) is 0.480. The fourth-order valence-electron chi connectivity index (χ4n) is 4.43. The number of carbonyl (C=O) groups excluding carboxylic acids is 1. The van der Waals surface area contributed by atoms with Crippen LogP contribution < -0.4 is 9.46 Å². The van der Waals surface area contributed by atoms with Crippen LogP contribution in [0.2, 0.25) is 0 Å². The van der Waals surface area contributed by atoms with E-state index in [-0.39, 0.29) is 23.5 Å². The van der Waals surface area contributed by atoms with E-state index in [1.807, 2.05) is 17.0 Å². The number of hydrogen-bond donors (Lipinski definition) is 1. The van der Waals surface area contributed by atoms with Gasteiger partial charge in [0.05, 0.1) is 18.1 Å². The Kier molecular flexibility index (Phi) is 7.88. The molecule has 9 heteroatoms. The predicted octanol–water partition coefficient (Wildman–Crippen LogP) is 2.42. The van der Waals surface area contributed by atoms with Gasteiger partial charge in [-0.1, -0.05) is 17.7 Å². The van der Waals surface area contributed by atoms with Crippen LogP contribution in [0.4, 0.5) is 0 Å². The van der Waals surface area contributed by atoms with E-state index in [0.717, 1.165) is 43.8 Å². The van der Waals surface area contributed by atoms with Crippen LogP contribution in [0.25, 0.3) is 0 Å². The lowest BCUT2D eigenvalue weighted by Crippen LogP contribution is -2.48. The van der Waals surface area contributed by atoms with Crippen molar-refractivity contribution >= 4 is 15.9 Å². The van der Waals surface area contributed by atoms with Gasteiger partial charge >= 0.3 is 0 Å². The van der Waals surface area contributed by atoms with Crippen molar-refractivity contribution in [3.8, 4) is 5.75 Å². The summed E-state index contributed by atoms with van der Waals surface area (Å²) in [4.78, 5) is 17.3. The molecule has 4 rings (SSSR count). The van der Waals surface area contributed by atoms with E-state index in [1.165, 1.54) is 17.7 Å².